The van der Waals surface area contributed by atoms with E-state index in [9.17, 15) is 4.79 Å². The lowest BCUT2D eigenvalue weighted by molar-refractivity contribution is -0.133. The highest BCUT2D eigenvalue weighted by atomic mass is 16.5. The second kappa shape index (κ2) is 7.29. The van der Waals surface area contributed by atoms with Crippen LogP contribution in [0.4, 0.5) is 5.69 Å². The van der Waals surface area contributed by atoms with Gasteiger partial charge in [-0.25, -0.2) is 0 Å². The Hall–Kier alpha value is -1.55. The van der Waals surface area contributed by atoms with Crippen LogP contribution in [0.2, 0.25) is 0 Å². The number of carbonyl (C=O) groups excluding carboxylic acids is 1. The number of amides is 1. The van der Waals surface area contributed by atoms with Crippen molar-refractivity contribution in [2.45, 2.75) is 46.1 Å². The Morgan fingerprint density at radius 3 is 2.60 bits per heavy atom. The number of unbranched alkanes of at least 4 members (excludes halogenated alkanes) is 1. The molecule has 112 valence electrons. The number of rotatable bonds is 7. The highest BCUT2D eigenvalue weighted by Gasteiger charge is 2.26. The molecule has 1 amide bonds. The maximum absolute atomic E-state index is 12.0. The molecule has 0 atom stereocenters. The standard InChI is InChI=1S/C16H25NO3/c1-6-7-10-20-14-9-8-13(11-12(14)2)17-15(18)16(3,4)19-5/h8-9,11H,6-7,10H2,1-5H3,(H,17,18). The van der Waals surface area contributed by atoms with Crippen molar-refractivity contribution < 1.29 is 14.3 Å². The number of hydrogen-bond acceptors (Lipinski definition) is 3. The molecular formula is C16H25NO3. The molecule has 0 bridgehead atoms. The van der Waals surface area contributed by atoms with Crippen LogP contribution in [0, 0.1) is 6.92 Å². The molecule has 20 heavy (non-hydrogen) atoms. The molecule has 0 saturated carbocycles. The van der Waals surface area contributed by atoms with Crippen LogP contribution < -0.4 is 10.1 Å². The van der Waals surface area contributed by atoms with Gasteiger partial charge in [-0.3, -0.25) is 4.79 Å². The van der Waals surface area contributed by atoms with Crippen molar-refractivity contribution in [1.82, 2.24) is 0 Å². The zero-order chi connectivity index (χ0) is 15.2. The van der Waals surface area contributed by atoms with E-state index in [1.165, 1.54) is 7.11 Å². The molecule has 0 unspecified atom stereocenters. The monoisotopic (exact) mass is 279 g/mol. The molecule has 1 N–H and O–H groups in total. The van der Waals surface area contributed by atoms with Crippen LogP contribution in [0.5, 0.6) is 5.75 Å². The third kappa shape index (κ3) is 4.53. The Kier molecular flexibility index (Phi) is 6.02. The van der Waals surface area contributed by atoms with Crippen molar-refractivity contribution in [1.29, 1.82) is 0 Å². The summed E-state index contributed by atoms with van der Waals surface area (Å²) in [6.07, 6.45) is 2.15. The number of anilines is 1. The fourth-order valence-corrected chi connectivity index (χ4v) is 1.59. The first-order valence-electron chi connectivity index (χ1n) is 7.00. The average Bonchev–Trinajstić information content (AvgIpc) is 2.41. The molecule has 0 aliphatic rings. The lowest BCUT2D eigenvalue weighted by atomic mass is 10.1. The van der Waals surface area contributed by atoms with Crippen LogP contribution in [0.3, 0.4) is 0 Å². The van der Waals surface area contributed by atoms with Crippen molar-refractivity contribution in [2.24, 2.45) is 0 Å². The van der Waals surface area contributed by atoms with Gasteiger partial charge >= 0.3 is 0 Å². The number of aryl methyl sites for hydroxylation is 1. The molecular weight excluding hydrogens is 254 g/mol. The minimum Gasteiger partial charge on any atom is -0.493 e. The molecule has 0 aliphatic heterocycles. The average molecular weight is 279 g/mol. The van der Waals surface area contributed by atoms with Crippen molar-refractivity contribution in [3.8, 4) is 5.75 Å². The Labute approximate surface area is 121 Å². The Morgan fingerprint density at radius 2 is 2.05 bits per heavy atom. The summed E-state index contributed by atoms with van der Waals surface area (Å²) in [6, 6.07) is 5.64. The van der Waals surface area contributed by atoms with Crippen molar-refractivity contribution in [2.75, 3.05) is 19.0 Å². The van der Waals surface area contributed by atoms with E-state index in [1.807, 2.05) is 25.1 Å². The molecule has 4 heteroatoms. The highest BCUT2D eigenvalue weighted by molar-refractivity contribution is 5.96. The molecule has 0 aromatic heterocycles. The van der Waals surface area contributed by atoms with Crippen LogP contribution >= 0.6 is 0 Å². The molecule has 0 radical (unpaired) electrons. The number of hydrogen-bond donors (Lipinski definition) is 1. The topological polar surface area (TPSA) is 47.6 Å². The number of benzene rings is 1. The maximum atomic E-state index is 12.0. The predicted molar refractivity (Wildman–Crippen MR) is 81.3 cm³/mol. The minimum absolute atomic E-state index is 0.168. The van der Waals surface area contributed by atoms with Gasteiger partial charge in [0.15, 0.2) is 0 Å². The smallest absolute Gasteiger partial charge is 0.256 e. The van der Waals surface area contributed by atoms with Gasteiger partial charge in [-0.2, -0.15) is 0 Å². The number of methoxy groups -OCH3 is 1. The van der Waals surface area contributed by atoms with Gasteiger partial charge in [0.05, 0.1) is 6.61 Å². The van der Waals surface area contributed by atoms with E-state index in [4.69, 9.17) is 9.47 Å². The first-order valence-corrected chi connectivity index (χ1v) is 7.00. The van der Waals surface area contributed by atoms with Gasteiger partial charge in [-0.05, 0) is 51.0 Å². The van der Waals surface area contributed by atoms with Gasteiger partial charge in [0.2, 0.25) is 0 Å². The Balaban J connectivity index is 2.70. The summed E-state index contributed by atoms with van der Waals surface area (Å²) in [5.41, 5.74) is 0.916. The summed E-state index contributed by atoms with van der Waals surface area (Å²) in [4.78, 5) is 12.0. The van der Waals surface area contributed by atoms with Gasteiger partial charge in [0, 0.05) is 12.8 Å². The van der Waals surface area contributed by atoms with Gasteiger partial charge in [-0.15, -0.1) is 0 Å². The van der Waals surface area contributed by atoms with E-state index in [2.05, 4.69) is 12.2 Å². The summed E-state index contributed by atoms with van der Waals surface area (Å²) in [7, 11) is 1.52. The summed E-state index contributed by atoms with van der Waals surface area (Å²) in [5, 5.41) is 2.85. The number of nitrogens with one attached hydrogen (secondary N) is 1. The SMILES string of the molecule is CCCCOc1ccc(NC(=O)C(C)(C)OC)cc1C. The summed E-state index contributed by atoms with van der Waals surface area (Å²) >= 11 is 0. The fourth-order valence-electron chi connectivity index (χ4n) is 1.59. The zero-order valence-corrected chi connectivity index (χ0v) is 13.1. The molecule has 0 saturated heterocycles. The van der Waals surface area contributed by atoms with E-state index in [0.29, 0.717) is 0 Å². The normalized spacial score (nSPS) is 11.2. The van der Waals surface area contributed by atoms with Gasteiger partial charge in [0.25, 0.3) is 5.91 Å². The van der Waals surface area contributed by atoms with Crippen LogP contribution in [0.1, 0.15) is 39.2 Å². The van der Waals surface area contributed by atoms with E-state index >= 15 is 0 Å². The molecule has 1 aromatic carbocycles. The van der Waals surface area contributed by atoms with Crippen LogP contribution in [0.25, 0.3) is 0 Å². The minimum atomic E-state index is -0.843. The number of carbonyl (C=O) groups is 1. The molecule has 4 nitrogen and oxygen atoms in total. The van der Waals surface area contributed by atoms with Crippen LogP contribution in [-0.2, 0) is 9.53 Å². The van der Waals surface area contributed by atoms with Gasteiger partial charge in [0.1, 0.15) is 11.4 Å². The van der Waals surface area contributed by atoms with E-state index < -0.39 is 5.60 Å². The summed E-state index contributed by atoms with van der Waals surface area (Å²) in [5.74, 6) is 0.696. The molecule has 0 fully saturated rings. The largest absolute Gasteiger partial charge is 0.493 e. The van der Waals surface area contributed by atoms with Crippen LogP contribution in [-0.4, -0.2) is 25.2 Å². The lowest BCUT2D eigenvalue weighted by Crippen LogP contribution is -2.38. The third-order valence-electron chi connectivity index (χ3n) is 3.25. The van der Waals surface area contributed by atoms with E-state index in [1.54, 1.807) is 13.8 Å². The molecule has 0 heterocycles. The first-order chi connectivity index (χ1) is 9.40. The first kappa shape index (κ1) is 16.5. The second-order valence-corrected chi connectivity index (χ2v) is 5.35. The third-order valence-corrected chi connectivity index (χ3v) is 3.25. The summed E-state index contributed by atoms with van der Waals surface area (Å²) in [6.45, 7) is 8.29. The van der Waals surface area contributed by atoms with Crippen molar-refractivity contribution in [3.63, 3.8) is 0 Å². The van der Waals surface area contributed by atoms with Crippen molar-refractivity contribution in [3.05, 3.63) is 23.8 Å². The molecule has 1 aromatic rings. The predicted octanol–water partition coefficient (Wildman–Crippen LogP) is 3.54. The maximum Gasteiger partial charge on any atom is 0.256 e. The number of ether oxygens (including phenoxy) is 2. The lowest BCUT2D eigenvalue weighted by Gasteiger charge is -2.22. The Bertz CT molecular complexity index is 455. The van der Waals surface area contributed by atoms with E-state index in [-0.39, 0.29) is 5.91 Å². The van der Waals surface area contributed by atoms with E-state index in [0.717, 1.165) is 36.4 Å². The second-order valence-electron chi connectivity index (χ2n) is 5.35. The quantitative estimate of drug-likeness (QED) is 0.777. The van der Waals surface area contributed by atoms with Crippen molar-refractivity contribution >= 4 is 11.6 Å². The molecule has 0 spiro atoms. The van der Waals surface area contributed by atoms with Gasteiger partial charge < -0.3 is 14.8 Å². The molecule has 1 rings (SSSR count). The fraction of sp³-hybridized carbons (Fsp3) is 0.562. The zero-order valence-electron chi connectivity index (χ0n) is 13.1. The Morgan fingerprint density at radius 1 is 1.35 bits per heavy atom. The van der Waals surface area contributed by atoms with Gasteiger partial charge in [-0.1, -0.05) is 13.3 Å². The summed E-state index contributed by atoms with van der Waals surface area (Å²) < 4.78 is 10.8. The molecule has 0 aliphatic carbocycles. The highest BCUT2D eigenvalue weighted by Crippen LogP contribution is 2.23. The van der Waals surface area contributed by atoms with Crippen LogP contribution in [0.15, 0.2) is 18.2 Å².